The second-order valence-corrected chi connectivity index (χ2v) is 5.76. The van der Waals surface area contributed by atoms with Gasteiger partial charge < -0.3 is 15.5 Å². The Morgan fingerprint density at radius 3 is 2.41 bits per heavy atom. The van der Waals surface area contributed by atoms with Crippen LogP contribution >= 0.6 is 11.6 Å². The number of hydrogen-bond acceptors (Lipinski definition) is 3. The molecule has 1 fully saturated rings. The first-order valence-corrected chi connectivity index (χ1v) is 7.55. The Morgan fingerprint density at radius 1 is 1.27 bits per heavy atom. The molecule has 1 atom stereocenters. The Hall–Kier alpha value is -1.66. The normalized spacial score (nSPS) is 16.5. The van der Waals surface area contributed by atoms with Crippen LogP contribution in [0.25, 0.3) is 0 Å². The maximum atomic E-state index is 13.8. The van der Waals surface area contributed by atoms with Crippen molar-refractivity contribution in [3.63, 3.8) is 0 Å². The van der Waals surface area contributed by atoms with Gasteiger partial charge in [-0.05, 0) is 12.1 Å². The minimum Gasteiger partial charge on any atom is -0.339 e. The topological polar surface area (TPSA) is 66.6 Å². The first-order chi connectivity index (χ1) is 10.5. The fourth-order valence-corrected chi connectivity index (χ4v) is 2.65. The van der Waals surface area contributed by atoms with Crippen molar-refractivity contribution >= 4 is 23.4 Å². The minimum absolute atomic E-state index is 0.0153. The summed E-state index contributed by atoms with van der Waals surface area (Å²) < 4.78 is 13.8. The molecule has 0 saturated carbocycles. The quantitative estimate of drug-likeness (QED) is 0.911. The summed E-state index contributed by atoms with van der Waals surface area (Å²) in [4.78, 5) is 27.6. The smallest absolute Gasteiger partial charge is 0.258 e. The van der Waals surface area contributed by atoms with Crippen molar-refractivity contribution in [3.05, 3.63) is 34.6 Å². The molecule has 5 nitrogen and oxygen atoms in total. The summed E-state index contributed by atoms with van der Waals surface area (Å²) >= 11 is 5.92. The number of hydrogen-bond donors (Lipinski definition) is 1. The summed E-state index contributed by atoms with van der Waals surface area (Å²) in [5.74, 6) is -1.32. The van der Waals surface area contributed by atoms with E-state index >= 15 is 0 Å². The third-order valence-electron chi connectivity index (χ3n) is 3.83. The van der Waals surface area contributed by atoms with Gasteiger partial charge in [-0.15, -0.1) is 0 Å². The van der Waals surface area contributed by atoms with E-state index in [-0.39, 0.29) is 22.4 Å². The molecule has 0 aliphatic carbocycles. The van der Waals surface area contributed by atoms with Crippen molar-refractivity contribution in [3.8, 4) is 0 Å². The number of amides is 2. The second kappa shape index (κ2) is 7.07. The van der Waals surface area contributed by atoms with Crippen LogP contribution in [0.15, 0.2) is 18.2 Å². The van der Waals surface area contributed by atoms with Crippen molar-refractivity contribution in [1.82, 2.24) is 9.80 Å². The van der Waals surface area contributed by atoms with Crippen molar-refractivity contribution in [2.24, 2.45) is 11.7 Å². The number of nitrogens with two attached hydrogens (primary N) is 1. The molecule has 2 rings (SSSR count). The second-order valence-electron chi connectivity index (χ2n) is 5.35. The van der Waals surface area contributed by atoms with Crippen LogP contribution in [0.5, 0.6) is 0 Å². The van der Waals surface area contributed by atoms with E-state index in [4.69, 9.17) is 17.3 Å². The fraction of sp³-hybridized carbons (Fsp3) is 0.467. The first kappa shape index (κ1) is 16.7. The van der Waals surface area contributed by atoms with Crippen LogP contribution in [0.4, 0.5) is 4.39 Å². The van der Waals surface area contributed by atoms with E-state index in [0.29, 0.717) is 32.7 Å². The molecule has 1 aliphatic heterocycles. The Morgan fingerprint density at radius 2 is 1.86 bits per heavy atom. The van der Waals surface area contributed by atoms with Gasteiger partial charge in [-0.1, -0.05) is 24.6 Å². The van der Waals surface area contributed by atoms with Gasteiger partial charge in [-0.2, -0.15) is 0 Å². The first-order valence-electron chi connectivity index (χ1n) is 7.17. The zero-order valence-electron chi connectivity index (χ0n) is 12.4. The standard InChI is InChI=1S/C15H19ClFN3O2/c1-10(9-18)14(21)19-5-7-20(8-6-19)15(22)13-11(16)3-2-4-12(13)17/h2-4,10H,5-9,18H2,1H3. The molecule has 0 bridgehead atoms. The monoisotopic (exact) mass is 327 g/mol. The zero-order valence-corrected chi connectivity index (χ0v) is 13.1. The molecule has 0 aromatic heterocycles. The van der Waals surface area contributed by atoms with Crippen molar-refractivity contribution < 1.29 is 14.0 Å². The zero-order chi connectivity index (χ0) is 16.3. The summed E-state index contributed by atoms with van der Waals surface area (Å²) in [6.07, 6.45) is 0. The Labute approximate surface area is 133 Å². The molecule has 2 N–H and O–H groups in total. The van der Waals surface area contributed by atoms with Crippen molar-refractivity contribution in [1.29, 1.82) is 0 Å². The van der Waals surface area contributed by atoms with Gasteiger partial charge in [0, 0.05) is 38.6 Å². The molecule has 2 amide bonds. The van der Waals surface area contributed by atoms with E-state index in [1.54, 1.807) is 11.8 Å². The Balaban J connectivity index is 2.03. The van der Waals surface area contributed by atoms with Gasteiger partial charge in [0.1, 0.15) is 5.82 Å². The SMILES string of the molecule is CC(CN)C(=O)N1CCN(C(=O)c2c(F)cccc2Cl)CC1. The molecule has 120 valence electrons. The van der Waals surface area contributed by atoms with Crippen LogP contribution in [0.1, 0.15) is 17.3 Å². The number of piperazine rings is 1. The molecule has 1 aliphatic rings. The summed E-state index contributed by atoms with van der Waals surface area (Å²) in [5.41, 5.74) is 5.38. The lowest BCUT2D eigenvalue weighted by Crippen LogP contribution is -2.52. The third kappa shape index (κ3) is 3.39. The maximum Gasteiger partial charge on any atom is 0.258 e. The van der Waals surface area contributed by atoms with Gasteiger partial charge in [0.2, 0.25) is 5.91 Å². The molecule has 22 heavy (non-hydrogen) atoms. The van der Waals surface area contributed by atoms with E-state index in [0.717, 1.165) is 0 Å². The molecule has 0 spiro atoms. The number of carbonyl (C=O) groups is 2. The van der Waals surface area contributed by atoms with Crippen molar-refractivity contribution in [2.45, 2.75) is 6.92 Å². The lowest BCUT2D eigenvalue weighted by molar-refractivity contribution is -0.136. The summed E-state index contributed by atoms with van der Waals surface area (Å²) in [5, 5.41) is 0.0975. The van der Waals surface area contributed by atoms with Crippen LogP contribution < -0.4 is 5.73 Å². The van der Waals surface area contributed by atoms with Crippen molar-refractivity contribution in [2.75, 3.05) is 32.7 Å². The van der Waals surface area contributed by atoms with Gasteiger partial charge in [0.15, 0.2) is 0 Å². The van der Waals surface area contributed by atoms with E-state index in [9.17, 15) is 14.0 Å². The number of rotatable bonds is 3. The summed E-state index contributed by atoms with van der Waals surface area (Å²) in [6.45, 7) is 3.61. The lowest BCUT2D eigenvalue weighted by Gasteiger charge is -2.36. The molecule has 1 heterocycles. The molecule has 7 heteroatoms. The molecule has 1 aromatic carbocycles. The number of nitrogens with zero attached hydrogens (tertiary/aromatic N) is 2. The van der Waals surface area contributed by atoms with Crippen LogP contribution in [-0.2, 0) is 4.79 Å². The largest absolute Gasteiger partial charge is 0.339 e. The highest BCUT2D eigenvalue weighted by atomic mass is 35.5. The van der Waals surface area contributed by atoms with E-state index in [1.165, 1.54) is 23.1 Å². The van der Waals surface area contributed by atoms with E-state index in [1.807, 2.05) is 0 Å². The lowest BCUT2D eigenvalue weighted by atomic mass is 10.1. The number of benzene rings is 1. The van der Waals surface area contributed by atoms with Gasteiger partial charge in [0.05, 0.1) is 10.6 Å². The maximum absolute atomic E-state index is 13.8. The molecule has 1 unspecified atom stereocenters. The van der Waals surface area contributed by atoms with Gasteiger partial charge in [-0.25, -0.2) is 4.39 Å². The Kier molecular flexibility index (Phi) is 5.37. The number of carbonyl (C=O) groups excluding carboxylic acids is 2. The predicted octanol–water partition coefficient (Wildman–Crippen LogP) is 1.36. The molecule has 1 aromatic rings. The highest BCUT2D eigenvalue weighted by Crippen LogP contribution is 2.21. The number of halogens is 2. The average molecular weight is 328 g/mol. The molecule has 1 saturated heterocycles. The van der Waals surface area contributed by atoms with Crippen LogP contribution in [0.2, 0.25) is 5.02 Å². The van der Waals surface area contributed by atoms with Crippen LogP contribution in [-0.4, -0.2) is 54.3 Å². The van der Waals surface area contributed by atoms with Gasteiger partial charge >= 0.3 is 0 Å². The average Bonchev–Trinajstić information content (AvgIpc) is 2.53. The van der Waals surface area contributed by atoms with Crippen LogP contribution in [0.3, 0.4) is 0 Å². The molecular weight excluding hydrogens is 309 g/mol. The molecule has 0 radical (unpaired) electrons. The highest BCUT2D eigenvalue weighted by molar-refractivity contribution is 6.33. The van der Waals surface area contributed by atoms with Crippen LogP contribution in [0, 0.1) is 11.7 Å². The third-order valence-corrected chi connectivity index (χ3v) is 4.15. The van der Waals surface area contributed by atoms with Gasteiger partial charge in [0.25, 0.3) is 5.91 Å². The summed E-state index contributed by atoms with van der Waals surface area (Å²) in [7, 11) is 0. The predicted molar refractivity (Wildman–Crippen MR) is 82.1 cm³/mol. The highest BCUT2D eigenvalue weighted by Gasteiger charge is 2.28. The molecular formula is C15H19ClFN3O2. The van der Waals surface area contributed by atoms with E-state index < -0.39 is 11.7 Å². The Bertz CT molecular complexity index is 554. The van der Waals surface area contributed by atoms with Gasteiger partial charge in [-0.3, -0.25) is 9.59 Å². The van der Waals surface area contributed by atoms with E-state index in [2.05, 4.69) is 0 Å². The fourth-order valence-electron chi connectivity index (χ4n) is 2.40. The summed E-state index contributed by atoms with van der Waals surface area (Å²) in [6, 6.07) is 4.15. The minimum atomic E-state index is -0.632.